The van der Waals surface area contributed by atoms with Crippen molar-refractivity contribution in [2.45, 2.75) is 26.3 Å². The standard InChI is InChI=1S/C14H19N3.2ClH/c1-11-16-13-4-2-3-5-14(13)17(11)10-12-6-8-15-9-7-12;;/h2-5,12,15H,6-10H2,1H3;2*1H. The molecule has 0 atom stereocenters. The molecule has 1 saturated heterocycles. The Morgan fingerprint density at radius 1 is 1.21 bits per heavy atom. The van der Waals surface area contributed by atoms with Gasteiger partial charge in [-0.25, -0.2) is 4.98 Å². The fraction of sp³-hybridized carbons (Fsp3) is 0.500. The highest BCUT2D eigenvalue weighted by Gasteiger charge is 2.16. The molecule has 0 unspecified atom stereocenters. The maximum absolute atomic E-state index is 4.63. The molecule has 0 saturated carbocycles. The summed E-state index contributed by atoms with van der Waals surface area (Å²) in [5.41, 5.74) is 2.41. The van der Waals surface area contributed by atoms with E-state index < -0.39 is 0 Å². The van der Waals surface area contributed by atoms with Gasteiger partial charge in [-0.05, 0) is 50.9 Å². The summed E-state index contributed by atoms with van der Waals surface area (Å²) in [6.07, 6.45) is 2.57. The van der Waals surface area contributed by atoms with Gasteiger partial charge in [-0.2, -0.15) is 0 Å². The molecule has 5 heteroatoms. The maximum Gasteiger partial charge on any atom is 0.106 e. The highest BCUT2D eigenvalue weighted by Crippen LogP contribution is 2.20. The number of hydrogen-bond donors (Lipinski definition) is 1. The highest BCUT2D eigenvalue weighted by molar-refractivity contribution is 5.85. The van der Waals surface area contributed by atoms with Gasteiger partial charge in [0.25, 0.3) is 0 Å². The Morgan fingerprint density at radius 2 is 1.89 bits per heavy atom. The number of piperidine rings is 1. The van der Waals surface area contributed by atoms with Crippen LogP contribution in [0.1, 0.15) is 18.7 Å². The number of nitrogens with zero attached hydrogens (tertiary/aromatic N) is 2. The molecule has 1 fully saturated rings. The summed E-state index contributed by atoms with van der Waals surface area (Å²) in [5, 5.41) is 3.42. The third-order valence-corrected chi connectivity index (χ3v) is 3.74. The van der Waals surface area contributed by atoms with E-state index in [2.05, 4.69) is 46.1 Å². The molecular weight excluding hydrogens is 281 g/mol. The smallest absolute Gasteiger partial charge is 0.106 e. The predicted molar refractivity (Wildman–Crippen MR) is 84.6 cm³/mol. The predicted octanol–water partition coefficient (Wildman–Crippen LogP) is 3.19. The third-order valence-electron chi connectivity index (χ3n) is 3.74. The maximum atomic E-state index is 4.63. The van der Waals surface area contributed by atoms with Crippen LogP contribution in [0.25, 0.3) is 11.0 Å². The minimum Gasteiger partial charge on any atom is -0.328 e. The molecule has 1 aliphatic rings. The second kappa shape index (κ2) is 7.13. The molecule has 3 nitrogen and oxygen atoms in total. The van der Waals surface area contributed by atoms with Crippen molar-refractivity contribution in [1.29, 1.82) is 0 Å². The summed E-state index contributed by atoms with van der Waals surface area (Å²) in [6, 6.07) is 8.43. The zero-order chi connectivity index (χ0) is 11.7. The monoisotopic (exact) mass is 301 g/mol. The first-order valence-electron chi connectivity index (χ1n) is 6.47. The molecule has 0 aliphatic carbocycles. The van der Waals surface area contributed by atoms with Crippen LogP contribution in [0.4, 0.5) is 0 Å². The van der Waals surface area contributed by atoms with Gasteiger partial charge in [0, 0.05) is 6.54 Å². The SMILES string of the molecule is Cc1nc2ccccc2n1CC1CCNCC1.Cl.Cl. The first kappa shape index (κ1) is 16.3. The van der Waals surface area contributed by atoms with Crippen molar-refractivity contribution < 1.29 is 0 Å². The number of hydrogen-bond acceptors (Lipinski definition) is 2. The van der Waals surface area contributed by atoms with Gasteiger partial charge in [0.1, 0.15) is 5.82 Å². The van der Waals surface area contributed by atoms with Crippen LogP contribution in [-0.4, -0.2) is 22.6 Å². The number of imidazole rings is 1. The van der Waals surface area contributed by atoms with Crippen molar-refractivity contribution in [3.8, 4) is 0 Å². The minimum atomic E-state index is 0. The van der Waals surface area contributed by atoms with Crippen molar-refractivity contribution in [2.75, 3.05) is 13.1 Å². The highest BCUT2D eigenvalue weighted by atomic mass is 35.5. The number of aromatic nitrogens is 2. The van der Waals surface area contributed by atoms with Crippen molar-refractivity contribution in [3.05, 3.63) is 30.1 Å². The molecule has 0 spiro atoms. The summed E-state index contributed by atoms with van der Waals surface area (Å²) >= 11 is 0. The normalized spacial score (nSPS) is 15.8. The van der Waals surface area contributed by atoms with E-state index in [-0.39, 0.29) is 24.8 Å². The van der Waals surface area contributed by atoms with Crippen LogP contribution in [0.2, 0.25) is 0 Å². The minimum absolute atomic E-state index is 0. The molecule has 19 heavy (non-hydrogen) atoms. The molecular formula is C14H21Cl2N3. The van der Waals surface area contributed by atoms with Crippen LogP contribution in [0.3, 0.4) is 0 Å². The first-order valence-corrected chi connectivity index (χ1v) is 6.47. The van der Waals surface area contributed by atoms with E-state index in [0.717, 1.165) is 36.9 Å². The molecule has 1 N–H and O–H groups in total. The van der Waals surface area contributed by atoms with Gasteiger partial charge in [-0.3, -0.25) is 0 Å². The molecule has 1 aliphatic heterocycles. The summed E-state index contributed by atoms with van der Waals surface area (Å²) in [4.78, 5) is 4.63. The van der Waals surface area contributed by atoms with Crippen LogP contribution >= 0.6 is 24.8 Å². The molecule has 106 valence electrons. The summed E-state index contributed by atoms with van der Waals surface area (Å²) < 4.78 is 2.38. The number of halogens is 2. The Morgan fingerprint density at radius 3 is 2.63 bits per heavy atom. The zero-order valence-electron chi connectivity index (χ0n) is 11.1. The van der Waals surface area contributed by atoms with Crippen LogP contribution in [0, 0.1) is 12.8 Å². The van der Waals surface area contributed by atoms with Crippen LogP contribution < -0.4 is 5.32 Å². The van der Waals surface area contributed by atoms with Gasteiger partial charge in [-0.15, -0.1) is 24.8 Å². The lowest BCUT2D eigenvalue weighted by molar-refractivity contribution is 0.334. The van der Waals surface area contributed by atoms with E-state index in [9.17, 15) is 0 Å². The Hall–Kier alpha value is -0.770. The van der Waals surface area contributed by atoms with Gasteiger partial charge in [0.05, 0.1) is 11.0 Å². The van der Waals surface area contributed by atoms with Crippen molar-refractivity contribution >= 4 is 35.8 Å². The van der Waals surface area contributed by atoms with Crippen molar-refractivity contribution in [3.63, 3.8) is 0 Å². The van der Waals surface area contributed by atoms with Gasteiger partial charge in [0.2, 0.25) is 0 Å². The second-order valence-corrected chi connectivity index (χ2v) is 4.95. The van der Waals surface area contributed by atoms with Crippen molar-refractivity contribution in [1.82, 2.24) is 14.9 Å². The number of aryl methyl sites for hydroxylation is 1. The second-order valence-electron chi connectivity index (χ2n) is 4.95. The molecule has 0 radical (unpaired) electrons. The first-order chi connectivity index (χ1) is 8.34. The molecule has 2 aromatic rings. The van der Waals surface area contributed by atoms with Gasteiger partial charge < -0.3 is 9.88 Å². The topological polar surface area (TPSA) is 29.9 Å². The number of fused-ring (bicyclic) bond motifs is 1. The third kappa shape index (κ3) is 3.41. The van der Waals surface area contributed by atoms with Crippen LogP contribution in [-0.2, 0) is 6.54 Å². The molecule has 0 bridgehead atoms. The molecule has 1 aromatic carbocycles. The Labute approximate surface area is 126 Å². The molecule has 0 amide bonds. The van der Waals surface area contributed by atoms with E-state index in [1.807, 2.05) is 0 Å². The van der Waals surface area contributed by atoms with E-state index in [1.54, 1.807) is 0 Å². The van der Waals surface area contributed by atoms with Gasteiger partial charge in [-0.1, -0.05) is 12.1 Å². The number of rotatable bonds is 2. The van der Waals surface area contributed by atoms with E-state index in [1.165, 1.54) is 18.4 Å². The number of para-hydroxylation sites is 2. The van der Waals surface area contributed by atoms with E-state index >= 15 is 0 Å². The van der Waals surface area contributed by atoms with Crippen LogP contribution in [0.15, 0.2) is 24.3 Å². The largest absolute Gasteiger partial charge is 0.328 e. The lowest BCUT2D eigenvalue weighted by Gasteiger charge is -2.23. The van der Waals surface area contributed by atoms with Crippen LogP contribution in [0.5, 0.6) is 0 Å². The average Bonchev–Trinajstić information content (AvgIpc) is 2.68. The van der Waals surface area contributed by atoms with Crippen molar-refractivity contribution in [2.24, 2.45) is 5.92 Å². The lowest BCUT2D eigenvalue weighted by Crippen LogP contribution is -2.30. The Balaban J connectivity index is 0.000000902. The lowest BCUT2D eigenvalue weighted by atomic mass is 9.98. The zero-order valence-corrected chi connectivity index (χ0v) is 12.8. The Kier molecular flexibility index (Phi) is 6.11. The molecule has 1 aromatic heterocycles. The van der Waals surface area contributed by atoms with Gasteiger partial charge >= 0.3 is 0 Å². The fourth-order valence-corrected chi connectivity index (χ4v) is 2.75. The summed E-state index contributed by atoms with van der Waals surface area (Å²) in [5.74, 6) is 1.94. The Bertz CT molecular complexity index is 518. The summed E-state index contributed by atoms with van der Waals surface area (Å²) in [7, 11) is 0. The molecule has 2 heterocycles. The van der Waals surface area contributed by atoms with E-state index in [0.29, 0.717) is 0 Å². The quantitative estimate of drug-likeness (QED) is 0.923. The van der Waals surface area contributed by atoms with E-state index in [4.69, 9.17) is 0 Å². The number of benzene rings is 1. The molecule has 3 rings (SSSR count). The average molecular weight is 302 g/mol. The number of nitrogens with one attached hydrogen (secondary N) is 1. The fourth-order valence-electron chi connectivity index (χ4n) is 2.75. The van der Waals surface area contributed by atoms with Gasteiger partial charge in [0.15, 0.2) is 0 Å². The summed E-state index contributed by atoms with van der Waals surface area (Å²) in [6.45, 7) is 5.56.